The molecule has 7 heteroatoms. The van der Waals surface area contributed by atoms with Crippen LogP contribution in [0.4, 0.5) is 10.1 Å². The van der Waals surface area contributed by atoms with Gasteiger partial charge in [-0.05, 0) is 50.2 Å². The van der Waals surface area contributed by atoms with Crippen LogP contribution < -0.4 is 15.0 Å². The Morgan fingerprint density at radius 2 is 1.76 bits per heavy atom. The highest BCUT2D eigenvalue weighted by Crippen LogP contribution is 2.21. The van der Waals surface area contributed by atoms with E-state index in [4.69, 9.17) is 16.3 Å². The molecule has 1 aliphatic heterocycles. The Kier molecular flexibility index (Phi) is 6.98. The fourth-order valence-corrected chi connectivity index (χ4v) is 3.43. The number of benzene rings is 2. The van der Waals surface area contributed by atoms with Gasteiger partial charge in [-0.15, -0.1) is 0 Å². The van der Waals surface area contributed by atoms with Crippen LogP contribution in [0.3, 0.4) is 0 Å². The topological polar surface area (TPSA) is 44.8 Å². The molecule has 0 bridgehead atoms. The summed E-state index contributed by atoms with van der Waals surface area (Å²) in [6, 6.07) is 13.8. The molecule has 3 rings (SSSR count). The fraction of sp³-hybridized carbons (Fsp3) is 0.409. The maximum absolute atomic E-state index is 13.9. The van der Waals surface area contributed by atoms with Crippen molar-refractivity contribution in [1.82, 2.24) is 10.2 Å². The van der Waals surface area contributed by atoms with E-state index < -0.39 is 5.60 Å². The number of para-hydroxylation sites is 1. The quantitative estimate of drug-likeness (QED) is 0.745. The predicted octanol–water partition coefficient (Wildman–Crippen LogP) is 3.57. The van der Waals surface area contributed by atoms with E-state index in [1.165, 1.54) is 6.07 Å². The number of carbonyl (C=O) groups excluding carboxylic acids is 1. The molecule has 0 spiro atoms. The Bertz CT molecular complexity index is 821. The fourth-order valence-electron chi connectivity index (χ4n) is 3.30. The SMILES string of the molecule is CC(C)(Oc1ccc(Cl)cc1)C(=O)NCCN1CCN(c2ccccc2F)CC1. The molecule has 0 radical (unpaired) electrons. The van der Waals surface area contributed by atoms with Crippen molar-refractivity contribution in [2.24, 2.45) is 0 Å². The predicted molar refractivity (Wildman–Crippen MR) is 114 cm³/mol. The molecule has 0 saturated carbocycles. The number of piperazine rings is 1. The molecule has 1 fully saturated rings. The first-order valence-electron chi connectivity index (χ1n) is 9.80. The van der Waals surface area contributed by atoms with Crippen LogP contribution in [0.2, 0.25) is 5.02 Å². The van der Waals surface area contributed by atoms with E-state index in [9.17, 15) is 9.18 Å². The molecule has 0 aromatic heterocycles. The van der Waals surface area contributed by atoms with Crippen LogP contribution in [0.15, 0.2) is 48.5 Å². The minimum atomic E-state index is -0.989. The van der Waals surface area contributed by atoms with Gasteiger partial charge < -0.3 is 15.0 Å². The summed E-state index contributed by atoms with van der Waals surface area (Å²) < 4.78 is 19.7. The second-order valence-electron chi connectivity index (χ2n) is 7.60. The summed E-state index contributed by atoms with van der Waals surface area (Å²) >= 11 is 5.88. The average molecular weight is 420 g/mol. The van der Waals surface area contributed by atoms with Crippen molar-refractivity contribution in [2.45, 2.75) is 19.4 Å². The second kappa shape index (κ2) is 9.46. The molecule has 0 aliphatic carbocycles. The van der Waals surface area contributed by atoms with E-state index in [1.807, 2.05) is 12.1 Å². The normalized spacial score (nSPS) is 15.2. The van der Waals surface area contributed by atoms with Gasteiger partial charge in [-0.25, -0.2) is 4.39 Å². The van der Waals surface area contributed by atoms with Crippen molar-refractivity contribution >= 4 is 23.2 Å². The smallest absolute Gasteiger partial charge is 0.263 e. The molecular weight excluding hydrogens is 393 g/mol. The Morgan fingerprint density at radius 1 is 1.10 bits per heavy atom. The lowest BCUT2D eigenvalue weighted by Crippen LogP contribution is -2.51. The summed E-state index contributed by atoms with van der Waals surface area (Å²) in [6.45, 7) is 7.94. The highest BCUT2D eigenvalue weighted by molar-refractivity contribution is 6.30. The highest BCUT2D eigenvalue weighted by Gasteiger charge is 2.30. The van der Waals surface area contributed by atoms with Crippen molar-refractivity contribution in [3.05, 3.63) is 59.4 Å². The maximum Gasteiger partial charge on any atom is 0.263 e. The lowest BCUT2D eigenvalue weighted by Gasteiger charge is -2.36. The molecular formula is C22H27ClFN3O2. The number of nitrogens with one attached hydrogen (secondary N) is 1. The Morgan fingerprint density at radius 3 is 2.41 bits per heavy atom. The number of hydrogen-bond donors (Lipinski definition) is 1. The van der Waals surface area contributed by atoms with Crippen LogP contribution in [0, 0.1) is 5.82 Å². The van der Waals surface area contributed by atoms with Crippen LogP contribution in [0.1, 0.15) is 13.8 Å². The van der Waals surface area contributed by atoms with Crippen LogP contribution in [-0.2, 0) is 4.79 Å². The Balaban J connectivity index is 1.41. The molecule has 2 aromatic rings. The number of hydrogen-bond acceptors (Lipinski definition) is 4. The summed E-state index contributed by atoms with van der Waals surface area (Å²) in [6.07, 6.45) is 0. The monoisotopic (exact) mass is 419 g/mol. The summed E-state index contributed by atoms with van der Waals surface area (Å²) in [7, 11) is 0. The third-order valence-corrected chi connectivity index (χ3v) is 5.26. The molecule has 29 heavy (non-hydrogen) atoms. The standard InChI is InChI=1S/C22H27ClFN3O2/c1-22(2,29-18-9-7-17(23)8-10-18)21(28)25-11-12-26-13-15-27(16-14-26)20-6-4-3-5-19(20)24/h3-10H,11-16H2,1-2H3,(H,25,28). The third-order valence-electron chi connectivity index (χ3n) is 5.01. The van der Waals surface area contributed by atoms with E-state index in [2.05, 4.69) is 15.1 Å². The molecule has 1 aliphatic rings. The van der Waals surface area contributed by atoms with Gasteiger partial charge in [-0.2, -0.15) is 0 Å². The van der Waals surface area contributed by atoms with Gasteiger partial charge in [0.2, 0.25) is 0 Å². The third kappa shape index (κ3) is 5.84. The molecule has 5 nitrogen and oxygen atoms in total. The summed E-state index contributed by atoms with van der Waals surface area (Å²) in [5.74, 6) is 0.243. The molecule has 0 atom stereocenters. The van der Waals surface area contributed by atoms with Crippen molar-refractivity contribution in [2.75, 3.05) is 44.2 Å². The van der Waals surface area contributed by atoms with E-state index in [-0.39, 0.29) is 11.7 Å². The summed E-state index contributed by atoms with van der Waals surface area (Å²) in [5.41, 5.74) is -0.335. The van der Waals surface area contributed by atoms with Crippen molar-refractivity contribution in [1.29, 1.82) is 0 Å². The zero-order chi connectivity index (χ0) is 20.9. The van der Waals surface area contributed by atoms with Crippen molar-refractivity contribution < 1.29 is 13.9 Å². The second-order valence-corrected chi connectivity index (χ2v) is 8.04. The summed E-state index contributed by atoms with van der Waals surface area (Å²) in [4.78, 5) is 16.9. The van der Waals surface area contributed by atoms with E-state index in [0.29, 0.717) is 23.0 Å². The van der Waals surface area contributed by atoms with E-state index >= 15 is 0 Å². The first-order valence-corrected chi connectivity index (χ1v) is 10.2. The number of carbonyl (C=O) groups is 1. The minimum absolute atomic E-state index is 0.169. The van der Waals surface area contributed by atoms with Gasteiger partial charge in [0.1, 0.15) is 11.6 Å². The molecule has 2 aromatic carbocycles. The van der Waals surface area contributed by atoms with Crippen LogP contribution in [0.5, 0.6) is 5.75 Å². The number of anilines is 1. The van der Waals surface area contributed by atoms with Gasteiger partial charge >= 0.3 is 0 Å². The molecule has 1 amide bonds. The number of nitrogens with zero attached hydrogens (tertiary/aromatic N) is 2. The van der Waals surface area contributed by atoms with Gasteiger partial charge in [0, 0.05) is 44.3 Å². The largest absolute Gasteiger partial charge is 0.478 e. The van der Waals surface area contributed by atoms with Crippen LogP contribution in [0.25, 0.3) is 0 Å². The number of amides is 1. The molecule has 1 saturated heterocycles. The van der Waals surface area contributed by atoms with Crippen molar-refractivity contribution in [3.8, 4) is 5.75 Å². The highest BCUT2D eigenvalue weighted by atomic mass is 35.5. The lowest BCUT2D eigenvalue weighted by molar-refractivity contribution is -0.134. The van der Waals surface area contributed by atoms with Gasteiger partial charge in [-0.1, -0.05) is 23.7 Å². The van der Waals surface area contributed by atoms with Crippen molar-refractivity contribution in [3.63, 3.8) is 0 Å². The van der Waals surface area contributed by atoms with Gasteiger partial charge in [-0.3, -0.25) is 9.69 Å². The number of halogens is 2. The van der Waals surface area contributed by atoms with Gasteiger partial charge in [0.25, 0.3) is 5.91 Å². The van der Waals surface area contributed by atoms with E-state index in [0.717, 1.165) is 32.7 Å². The lowest BCUT2D eigenvalue weighted by atomic mass is 10.1. The van der Waals surface area contributed by atoms with Gasteiger partial charge in [0.05, 0.1) is 5.69 Å². The first kappa shape index (κ1) is 21.4. The minimum Gasteiger partial charge on any atom is -0.478 e. The molecule has 1 heterocycles. The zero-order valence-corrected chi connectivity index (χ0v) is 17.6. The van der Waals surface area contributed by atoms with Gasteiger partial charge in [0.15, 0.2) is 5.60 Å². The molecule has 1 N–H and O–H groups in total. The Labute approximate surface area is 176 Å². The average Bonchev–Trinajstić information content (AvgIpc) is 2.70. The number of ether oxygens (including phenoxy) is 1. The molecule has 0 unspecified atom stereocenters. The summed E-state index contributed by atoms with van der Waals surface area (Å²) in [5, 5.41) is 3.57. The van der Waals surface area contributed by atoms with Crippen LogP contribution >= 0.6 is 11.6 Å². The molecule has 156 valence electrons. The maximum atomic E-state index is 13.9. The number of rotatable bonds is 7. The Hall–Kier alpha value is -2.31. The first-order chi connectivity index (χ1) is 13.8. The van der Waals surface area contributed by atoms with E-state index in [1.54, 1.807) is 44.2 Å². The zero-order valence-electron chi connectivity index (χ0n) is 16.8. The van der Waals surface area contributed by atoms with Crippen LogP contribution in [-0.4, -0.2) is 55.7 Å².